The summed E-state index contributed by atoms with van der Waals surface area (Å²) in [4.78, 5) is 26.7. The molecular weight excluding hydrogens is 288 g/mol. The molecule has 0 saturated carbocycles. The molecule has 0 aromatic heterocycles. The second-order valence-electron chi connectivity index (χ2n) is 5.71. The Hall–Kier alpha value is -1.55. The van der Waals surface area contributed by atoms with Gasteiger partial charge in [-0.2, -0.15) is 0 Å². The zero-order valence-corrected chi connectivity index (χ0v) is 13.2. The topological polar surface area (TPSA) is 49.4 Å². The fourth-order valence-electron chi connectivity index (χ4n) is 2.51. The normalized spacial score (nSPS) is 16.1. The molecule has 1 atom stereocenters. The summed E-state index contributed by atoms with van der Waals surface area (Å²) < 4.78 is 0. The van der Waals surface area contributed by atoms with E-state index in [0.717, 1.165) is 25.9 Å². The lowest BCUT2D eigenvalue weighted by molar-refractivity contribution is -0.133. The molecule has 1 heterocycles. The first-order valence-electron chi connectivity index (χ1n) is 7.35. The molecule has 2 rings (SSSR count). The van der Waals surface area contributed by atoms with E-state index in [0.29, 0.717) is 10.6 Å². The quantitative estimate of drug-likeness (QED) is 0.930. The second-order valence-corrected chi connectivity index (χ2v) is 6.11. The summed E-state index contributed by atoms with van der Waals surface area (Å²) in [5.41, 5.74) is 0.402. The molecule has 4 nitrogen and oxygen atoms in total. The number of carbonyl (C=O) groups excluding carboxylic acids is 2. The van der Waals surface area contributed by atoms with Gasteiger partial charge in [0.05, 0.1) is 10.6 Å². The molecule has 1 aromatic rings. The molecule has 0 spiro atoms. The summed E-state index contributed by atoms with van der Waals surface area (Å²) in [5.74, 6) is -0.265. The molecule has 0 bridgehead atoms. The van der Waals surface area contributed by atoms with Crippen LogP contribution in [0.4, 0.5) is 0 Å². The summed E-state index contributed by atoms with van der Waals surface area (Å²) in [6, 6.07) is 6.35. The standard InChI is InChI=1S/C16H21ClN2O2/c1-11(2)14(16(21)19-9-5-6-10-19)18-15(20)12-7-3-4-8-13(12)17/h3-4,7-8,11,14H,5-6,9-10H2,1-2H3,(H,18,20)/t14-/m0/s1. The van der Waals surface area contributed by atoms with E-state index in [1.54, 1.807) is 24.3 Å². The maximum Gasteiger partial charge on any atom is 0.253 e. The number of nitrogens with one attached hydrogen (secondary N) is 1. The number of benzene rings is 1. The number of hydrogen-bond acceptors (Lipinski definition) is 2. The first-order valence-corrected chi connectivity index (χ1v) is 7.72. The summed E-state index contributed by atoms with van der Waals surface area (Å²) in [6.45, 7) is 5.44. The van der Waals surface area contributed by atoms with Crippen LogP contribution in [0.5, 0.6) is 0 Å². The van der Waals surface area contributed by atoms with Crippen molar-refractivity contribution in [3.05, 3.63) is 34.9 Å². The van der Waals surface area contributed by atoms with E-state index in [9.17, 15) is 9.59 Å². The molecule has 1 N–H and O–H groups in total. The third kappa shape index (κ3) is 3.76. The van der Waals surface area contributed by atoms with Crippen LogP contribution >= 0.6 is 11.6 Å². The number of nitrogens with zero attached hydrogens (tertiary/aromatic N) is 1. The molecule has 1 aromatic carbocycles. The molecular formula is C16H21ClN2O2. The van der Waals surface area contributed by atoms with Crippen LogP contribution in [0.2, 0.25) is 5.02 Å². The van der Waals surface area contributed by atoms with Crippen molar-refractivity contribution in [3.63, 3.8) is 0 Å². The first-order chi connectivity index (χ1) is 10.0. The second kappa shape index (κ2) is 6.94. The number of likely N-dealkylation sites (tertiary alicyclic amines) is 1. The predicted octanol–water partition coefficient (Wildman–Crippen LogP) is 2.72. The molecule has 0 radical (unpaired) electrons. The average Bonchev–Trinajstić information content (AvgIpc) is 2.98. The van der Waals surface area contributed by atoms with Gasteiger partial charge in [-0.1, -0.05) is 37.6 Å². The van der Waals surface area contributed by atoms with Crippen LogP contribution in [0, 0.1) is 5.92 Å². The highest BCUT2D eigenvalue weighted by atomic mass is 35.5. The van der Waals surface area contributed by atoms with E-state index in [4.69, 9.17) is 11.6 Å². The molecule has 1 aliphatic rings. The number of hydrogen-bond donors (Lipinski definition) is 1. The fraction of sp³-hybridized carbons (Fsp3) is 0.500. The van der Waals surface area contributed by atoms with E-state index in [2.05, 4.69) is 5.32 Å². The van der Waals surface area contributed by atoms with Crippen molar-refractivity contribution in [2.45, 2.75) is 32.7 Å². The lowest BCUT2D eigenvalue weighted by Crippen LogP contribution is -2.50. The van der Waals surface area contributed by atoms with E-state index < -0.39 is 6.04 Å². The van der Waals surface area contributed by atoms with Gasteiger partial charge in [-0.3, -0.25) is 9.59 Å². The number of halogens is 1. The Labute approximate surface area is 130 Å². The van der Waals surface area contributed by atoms with Crippen LogP contribution in [-0.4, -0.2) is 35.8 Å². The largest absolute Gasteiger partial charge is 0.341 e. The van der Waals surface area contributed by atoms with Crippen molar-refractivity contribution in [2.75, 3.05) is 13.1 Å². The smallest absolute Gasteiger partial charge is 0.253 e. The number of rotatable bonds is 4. The van der Waals surface area contributed by atoms with Crippen molar-refractivity contribution in [3.8, 4) is 0 Å². The van der Waals surface area contributed by atoms with Gasteiger partial charge in [0.15, 0.2) is 0 Å². The van der Waals surface area contributed by atoms with Gasteiger partial charge >= 0.3 is 0 Å². The highest BCUT2D eigenvalue weighted by molar-refractivity contribution is 6.33. The number of amides is 2. The predicted molar refractivity (Wildman–Crippen MR) is 83.4 cm³/mol. The maximum absolute atomic E-state index is 12.5. The molecule has 114 valence electrons. The van der Waals surface area contributed by atoms with Crippen LogP contribution in [0.15, 0.2) is 24.3 Å². The zero-order chi connectivity index (χ0) is 15.4. The molecule has 1 fully saturated rings. The summed E-state index contributed by atoms with van der Waals surface area (Å²) >= 11 is 6.03. The Morgan fingerprint density at radius 2 is 1.81 bits per heavy atom. The molecule has 5 heteroatoms. The van der Waals surface area contributed by atoms with Crippen molar-refractivity contribution < 1.29 is 9.59 Å². The minimum absolute atomic E-state index is 0.00269. The van der Waals surface area contributed by atoms with Gasteiger partial charge in [-0.05, 0) is 30.9 Å². The van der Waals surface area contributed by atoms with E-state index in [1.807, 2.05) is 18.7 Å². The minimum Gasteiger partial charge on any atom is -0.341 e. The monoisotopic (exact) mass is 308 g/mol. The fourth-order valence-corrected chi connectivity index (χ4v) is 2.73. The Morgan fingerprint density at radius 3 is 2.38 bits per heavy atom. The van der Waals surface area contributed by atoms with Gasteiger partial charge in [-0.25, -0.2) is 0 Å². The van der Waals surface area contributed by atoms with Gasteiger partial charge in [0.1, 0.15) is 6.04 Å². The Kier molecular flexibility index (Phi) is 5.23. The Bertz CT molecular complexity index is 525. The zero-order valence-electron chi connectivity index (χ0n) is 12.4. The summed E-state index contributed by atoms with van der Waals surface area (Å²) in [5, 5.41) is 3.23. The molecule has 0 aliphatic carbocycles. The lowest BCUT2D eigenvalue weighted by Gasteiger charge is -2.26. The average molecular weight is 309 g/mol. The van der Waals surface area contributed by atoms with Crippen molar-refractivity contribution >= 4 is 23.4 Å². The Morgan fingerprint density at radius 1 is 1.19 bits per heavy atom. The summed E-state index contributed by atoms with van der Waals surface area (Å²) in [6.07, 6.45) is 2.07. The van der Waals surface area contributed by atoms with Crippen LogP contribution in [0.1, 0.15) is 37.0 Å². The summed E-state index contributed by atoms with van der Waals surface area (Å²) in [7, 11) is 0. The van der Waals surface area contributed by atoms with Crippen molar-refractivity contribution in [1.29, 1.82) is 0 Å². The van der Waals surface area contributed by atoms with Gasteiger partial charge in [0.25, 0.3) is 5.91 Å². The Balaban J connectivity index is 2.11. The SMILES string of the molecule is CC(C)[C@H](NC(=O)c1ccccc1Cl)C(=O)N1CCCC1. The van der Waals surface area contributed by atoms with E-state index in [1.165, 1.54) is 0 Å². The molecule has 2 amide bonds. The van der Waals surface area contributed by atoms with Gasteiger partial charge in [0.2, 0.25) is 5.91 Å². The minimum atomic E-state index is -0.508. The molecule has 21 heavy (non-hydrogen) atoms. The highest BCUT2D eigenvalue weighted by Gasteiger charge is 2.30. The van der Waals surface area contributed by atoms with Crippen LogP contribution < -0.4 is 5.32 Å². The number of carbonyl (C=O) groups is 2. The molecule has 0 unspecified atom stereocenters. The highest BCUT2D eigenvalue weighted by Crippen LogP contribution is 2.17. The van der Waals surface area contributed by atoms with Crippen LogP contribution in [0.25, 0.3) is 0 Å². The van der Waals surface area contributed by atoms with E-state index in [-0.39, 0.29) is 17.7 Å². The van der Waals surface area contributed by atoms with Gasteiger partial charge < -0.3 is 10.2 Å². The molecule has 1 aliphatic heterocycles. The third-order valence-corrected chi connectivity index (χ3v) is 4.09. The maximum atomic E-state index is 12.5. The first kappa shape index (κ1) is 15.8. The van der Waals surface area contributed by atoms with Crippen molar-refractivity contribution in [1.82, 2.24) is 10.2 Å². The van der Waals surface area contributed by atoms with Crippen LogP contribution in [0.3, 0.4) is 0 Å². The van der Waals surface area contributed by atoms with E-state index >= 15 is 0 Å². The molecule has 1 saturated heterocycles. The van der Waals surface area contributed by atoms with Crippen molar-refractivity contribution in [2.24, 2.45) is 5.92 Å². The van der Waals surface area contributed by atoms with Crippen LogP contribution in [-0.2, 0) is 4.79 Å². The van der Waals surface area contributed by atoms with Gasteiger partial charge in [0, 0.05) is 13.1 Å². The van der Waals surface area contributed by atoms with Gasteiger partial charge in [-0.15, -0.1) is 0 Å². The lowest BCUT2D eigenvalue weighted by atomic mass is 10.0. The third-order valence-electron chi connectivity index (χ3n) is 3.76.